The molecule has 0 aliphatic carbocycles. The summed E-state index contributed by atoms with van der Waals surface area (Å²) in [6, 6.07) is 10.3. The summed E-state index contributed by atoms with van der Waals surface area (Å²) >= 11 is 5.87. The molecule has 2 nitrogen and oxygen atoms in total. The van der Waals surface area contributed by atoms with E-state index in [1.54, 1.807) is 18.2 Å². The fourth-order valence-corrected chi connectivity index (χ4v) is 2.05. The van der Waals surface area contributed by atoms with Crippen LogP contribution in [-0.4, -0.2) is 4.98 Å². The van der Waals surface area contributed by atoms with E-state index in [1.807, 2.05) is 19.1 Å². The first-order valence-electron chi connectivity index (χ1n) is 5.73. The van der Waals surface area contributed by atoms with E-state index in [4.69, 9.17) is 17.3 Å². The van der Waals surface area contributed by atoms with E-state index < -0.39 is 5.54 Å². The van der Waals surface area contributed by atoms with Gasteiger partial charge in [0, 0.05) is 5.02 Å². The summed E-state index contributed by atoms with van der Waals surface area (Å²) in [4.78, 5) is 4.09. The number of aromatic nitrogens is 1. The zero-order chi connectivity index (χ0) is 13.2. The van der Waals surface area contributed by atoms with Gasteiger partial charge in [-0.05, 0) is 36.2 Å². The Morgan fingerprint density at radius 2 is 1.89 bits per heavy atom. The molecule has 1 aromatic carbocycles. The van der Waals surface area contributed by atoms with Crippen LogP contribution >= 0.6 is 11.6 Å². The van der Waals surface area contributed by atoms with Gasteiger partial charge in [-0.1, -0.05) is 30.7 Å². The first kappa shape index (κ1) is 13.0. The Morgan fingerprint density at radius 3 is 2.39 bits per heavy atom. The fourth-order valence-electron chi connectivity index (χ4n) is 1.92. The van der Waals surface area contributed by atoms with Crippen LogP contribution in [0.15, 0.2) is 42.6 Å². The van der Waals surface area contributed by atoms with E-state index in [-0.39, 0.29) is 5.82 Å². The van der Waals surface area contributed by atoms with Crippen molar-refractivity contribution in [3.05, 3.63) is 64.7 Å². The number of nitrogens with zero attached hydrogens (tertiary/aromatic N) is 1. The summed E-state index contributed by atoms with van der Waals surface area (Å²) in [5.74, 6) is -0.367. The molecular formula is C14H14ClFN2. The van der Waals surface area contributed by atoms with Crippen LogP contribution in [0.2, 0.25) is 5.02 Å². The lowest BCUT2D eigenvalue weighted by Crippen LogP contribution is -2.38. The Morgan fingerprint density at radius 1 is 1.22 bits per heavy atom. The Kier molecular flexibility index (Phi) is 3.64. The summed E-state index contributed by atoms with van der Waals surface area (Å²) < 4.78 is 12.9. The van der Waals surface area contributed by atoms with Gasteiger partial charge in [0.1, 0.15) is 5.82 Å². The van der Waals surface area contributed by atoms with Gasteiger partial charge in [-0.2, -0.15) is 0 Å². The lowest BCUT2D eigenvalue weighted by molar-refractivity contribution is 0.499. The van der Waals surface area contributed by atoms with Gasteiger partial charge in [-0.25, -0.2) is 4.39 Å². The van der Waals surface area contributed by atoms with Crippen LogP contribution in [0.1, 0.15) is 24.6 Å². The third-order valence-electron chi connectivity index (χ3n) is 3.10. The zero-order valence-electron chi connectivity index (χ0n) is 10.0. The van der Waals surface area contributed by atoms with E-state index >= 15 is 0 Å². The predicted molar refractivity (Wildman–Crippen MR) is 70.9 cm³/mol. The SMILES string of the molecule is CCC(N)(c1ccc(Cl)cc1)c1ccc(F)cn1. The minimum Gasteiger partial charge on any atom is -0.316 e. The number of hydrogen-bond donors (Lipinski definition) is 1. The average Bonchev–Trinajstić information content (AvgIpc) is 2.39. The summed E-state index contributed by atoms with van der Waals surface area (Å²) in [7, 11) is 0. The number of pyridine rings is 1. The molecule has 0 saturated heterocycles. The fraction of sp³-hybridized carbons (Fsp3) is 0.214. The Balaban J connectivity index is 2.47. The van der Waals surface area contributed by atoms with Crippen molar-refractivity contribution in [2.45, 2.75) is 18.9 Å². The highest BCUT2D eigenvalue weighted by Gasteiger charge is 2.28. The molecule has 1 atom stereocenters. The van der Waals surface area contributed by atoms with Gasteiger partial charge in [-0.3, -0.25) is 4.98 Å². The van der Waals surface area contributed by atoms with Crippen molar-refractivity contribution in [3.8, 4) is 0 Å². The second-order valence-electron chi connectivity index (χ2n) is 4.19. The van der Waals surface area contributed by atoms with E-state index in [2.05, 4.69) is 4.98 Å². The molecule has 94 valence electrons. The molecule has 18 heavy (non-hydrogen) atoms. The largest absolute Gasteiger partial charge is 0.316 e. The van der Waals surface area contributed by atoms with Gasteiger partial charge < -0.3 is 5.73 Å². The zero-order valence-corrected chi connectivity index (χ0v) is 10.8. The molecule has 0 fully saturated rings. The molecule has 4 heteroatoms. The topological polar surface area (TPSA) is 38.9 Å². The minimum absolute atomic E-state index is 0.367. The van der Waals surface area contributed by atoms with Crippen LogP contribution in [0.4, 0.5) is 4.39 Å². The molecule has 1 heterocycles. The van der Waals surface area contributed by atoms with Gasteiger partial charge in [0.15, 0.2) is 0 Å². The molecule has 0 saturated carbocycles. The lowest BCUT2D eigenvalue weighted by Gasteiger charge is -2.28. The smallest absolute Gasteiger partial charge is 0.141 e. The molecule has 0 aliphatic heterocycles. The standard InChI is InChI=1S/C14H14ClFN2/c1-2-14(17,10-3-5-11(15)6-4-10)13-8-7-12(16)9-18-13/h3-9H,2,17H2,1H3. The molecule has 0 aliphatic rings. The normalized spacial score (nSPS) is 14.2. The molecule has 0 bridgehead atoms. The quantitative estimate of drug-likeness (QED) is 0.922. The Labute approximate surface area is 111 Å². The molecule has 0 radical (unpaired) electrons. The maximum Gasteiger partial charge on any atom is 0.141 e. The van der Waals surface area contributed by atoms with Crippen LogP contribution < -0.4 is 5.73 Å². The number of hydrogen-bond acceptors (Lipinski definition) is 2. The van der Waals surface area contributed by atoms with Gasteiger partial charge in [0.05, 0.1) is 17.4 Å². The minimum atomic E-state index is -0.724. The van der Waals surface area contributed by atoms with Crippen LogP contribution in [-0.2, 0) is 5.54 Å². The van der Waals surface area contributed by atoms with Crippen molar-refractivity contribution in [3.63, 3.8) is 0 Å². The maximum atomic E-state index is 12.9. The molecule has 1 aromatic heterocycles. The van der Waals surface area contributed by atoms with E-state index in [1.165, 1.54) is 12.3 Å². The van der Waals surface area contributed by atoms with E-state index in [9.17, 15) is 4.39 Å². The summed E-state index contributed by atoms with van der Waals surface area (Å²) in [6.45, 7) is 1.97. The summed E-state index contributed by atoms with van der Waals surface area (Å²) in [5.41, 5.74) is 7.25. The second-order valence-corrected chi connectivity index (χ2v) is 4.63. The second kappa shape index (κ2) is 5.04. The van der Waals surface area contributed by atoms with Crippen molar-refractivity contribution < 1.29 is 4.39 Å². The highest BCUT2D eigenvalue weighted by atomic mass is 35.5. The van der Waals surface area contributed by atoms with Crippen LogP contribution in [0.3, 0.4) is 0 Å². The van der Waals surface area contributed by atoms with Crippen LogP contribution in [0, 0.1) is 5.82 Å². The molecule has 0 spiro atoms. The molecule has 2 rings (SSSR count). The number of benzene rings is 1. The molecular weight excluding hydrogens is 251 g/mol. The van der Waals surface area contributed by atoms with Crippen molar-refractivity contribution >= 4 is 11.6 Å². The molecule has 1 unspecified atom stereocenters. The number of nitrogens with two attached hydrogens (primary N) is 1. The highest BCUT2D eigenvalue weighted by molar-refractivity contribution is 6.30. The van der Waals surface area contributed by atoms with Crippen molar-refractivity contribution in [1.29, 1.82) is 0 Å². The van der Waals surface area contributed by atoms with Crippen molar-refractivity contribution in [1.82, 2.24) is 4.98 Å². The van der Waals surface area contributed by atoms with Gasteiger partial charge in [0.25, 0.3) is 0 Å². The first-order valence-corrected chi connectivity index (χ1v) is 6.11. The summed E-state index contributed by atoms with van der Waals surface area (Å²) in [6.07, 6.45) is 1.84. The average molecular weight is 265 g/mol. The molecule has 2 aromatic rings. The summed E-state index contributed by atoms with van der Waals surface area (Å²) in [5, 5.41) is 0.657. The first-order chi connectivity index (χ1) is 8.56. The van der Waals surface area contributed by atoms with Crippen LogP contribution in [0.5, 0.6) is 0 Å². The number of halogens is 2. The van der Waals surface area contributed by atoms with Gasteiger partial charge in [0.2, 0.25) is 0 Å². The Hall–Kier alpha value is -1.45. The maximum absolute atomic E-state index is 12.9. The lowest BCUT2D eigenvalue weighted by atomic mass is 9.85. The van der Waals surface area contributed by atoms with Crippen LogP contribution in [0.25, 0.3) is 0 Å². The van der Waals surface area contributed by atoms with Gasteiger partial charge >= 0.3 is 0 Å². The Bertz CT molecular complexity index is 477. The van der Waals surface area contributed by atoms with E-state index in [0.717, 1.165) is 5.56 Å². The van der Waals surface area contributed by atoms with E-state index in [0.29, 0.717) is 17.1 Å². The molecule has 2 N–H and O–H groups in total. The highest BCUT2D eigenvalue weighted by Crippen LogP contribution is 2.29. The van der Waals surface area contributed by atoms with Crippen molar-refractivity contribution in [2.24, 2.45) is 5.73 Å². The van der Waals surface area contributed by atoms with Gasteiger partial charge in [-0.15, -0.1) is 0 Å². The third-order valence-corrected chi connectivity index (χ3v) is 3.35. The number of rotatable bonds is 3. The third kappa shape index (κ3) is 2.37. The molecule has 0 amide bonds. The predicted octanol–water partition coefficient (Wildman–Crippen LogP) is 3.49. The monoisotopic (exact) mass is 264 g/mol. The van der Waals surface area contributed by atoms with Crippen molar-refractivity contribution in [2.75, 3.05) is 0 Å².